The molecule has 2 aromatic carbocycles. The number of anilines is 1. The van der Waals surface area contributed by atoms with E-state index in [1.807, 2.05) is 6.92 Å². The lowest BCUT2D eigenvalue weighted by Gasteiger charge is -2.07. The summed E-state index contributed by atoms with van der Waals surface area (Å²) in [6.07, 6.45) is 1.66. The average molecular weight is 491 g/mol. The van der Waals surface area contributed by atoms with Crippen LogP contribution < -0.4 is 5.32 Å². The second-order valence-corrected chi connectivity index (χ2v) is 8.17. The van der Waals surface area contributed by atoms with Gasteiger partial charge in [0.25, 0.3) is 5.91 Å². The molecule has 2 N–H and O–H groups in total. The fourth-order valence-corrected chi connectivity index (χ4v) is 3.68. The minimum atomic E-state index is -1.32. The smallest absolute Gasteiger partial charge is 0.331 e. The number of carbonyl (C=O) groups excluding carboxylic acids is 1. The molecule has 0 saturated carbocycles. The van der Waals surface area contributed by atoms with Crippen molar-refractivity contribution in [3.8, 4) is 11.3 Å². The summed E-state index contributed by atoms with van der Waals surface area (Å²) in [5, 5.41) is 13.0. The first kappa shape index (κ1) is 25.1. The first-order chi connectivity index (χ1) is 16.2. The van der Waals surface area contributed by atoms with E-state index in [1.54, 1.807) is 23.6 Å². The number of halogens is 3. The van der Waals surface area contributed by atoms with Gasteiger partial charge in [-0.3, -0.25) is 10.1 Å². The van der Waals surface area contributed by atoms with Gasteiger partial charge in [0.05, 0.1) is 12.3 Å². The van der Waals surface area contributed by atoms with Gasteiger partial charge in [-0.05, 0) is 37.6 Å². The molecular weight excluding hydrogens is 469 g/mol. The maximum Gasteiger partial charge on any atom is 0.331 e. The van der Waals surface area contributed by atoms with E-state index >= 15 is 0 Å². The van der Waals surface area contributed by atoms with Crippen LogP contribution >= 0.6 is 11.3 Å². The Kier molecular flexibility index (Phi) is 8.19. The van der Waals surface area contributed by atoms with Gasteiger partial charge < -0.3 is 9.84 Å². The summed E-state index contributed by atoms with van der Waals surface area (Å²) in [5.41, 5.74) is -0.251. The minimum absolute atomic E-state index is 0.110. The van der Waals surface area contributed by atoms with E-state index in [0.717, 1.165) is 36.0 Å². The first-order valence-corrected chi connectivity index (χ1v) is 11.1. The molecule has 0 aliphatic heterocycles. The van der Waals surface area contributed by atoms with E-state index in [4.69, 9.17) is 9.84 Å². The van der Waals surface area contributed by atoms with Crippen LogP contribution in [0.25, 0.3) is 17.3 Å². The lowest BCUT2D eigenvalue weighted by Crippen LogP contribution is -2.13. The summed E-state index contributed by atoms with van der Waals surface area (Å²) in [6.45, 7) is 3.77. The van der Waals surface area contributed by atoms with Crippen molar-refractivity contribution >= 4 is 34.4 Å². The number of nitrogens with one attached hydrogen (secondary N) is 1. The Labute approximate surface area is 197 Å². The highest BCUT2D eigenvalue weighted by Crippen LogP contribution is 2.29. The SMILES string of the molecule is CCCOCc1cccc(-c2csc(NC(=O)c3cc(F)c(/C=C(\C)C(=O)O)c(F)c3)n2)c1F. The molecule has 3 rings (SSSR count). The Balaban J connectivity index is 1.78. The normalized spacial score (nSPS) is 11.5. The Morgan fingerprint density at radius 3 is 2.56 bits per heavy atom. The molecule has 34 heavy (non-hydrogen) atoms. The molecule has 1 heterocycles. The third kappa shape index (κ3) is 5.89. The predicted octanol–water partition coefficient (Wildman–Crippen LogP) is 5.89. The van der Waals surface area contributed by atoms with Crippen LogP contribution in [0.2, 0.25) is 0 Å². The molecule has 0 spiro atoms. The highest BCUT2D eigenvalue weighted by atomic mass is 32.1. The fraction of sp³-hybridized carbons (Fsp3) is 0.208. The lowest BCUT2D eigenvalue weighted by molar-refractivity contribution is -0.132. The highest BCUT2D eigenvalue weighted by molar-refractivity contribution is 7.14. The number of aromatic nitrogens is 1. The van der Waals surface area contributed by atoms with Gasteiger partial charge in [0, 0.05) is 39.8 Å². The van der Waals surface area contributed by atoms with Crippen molar-refractivity contribution in [1.82, 2.24) is 4.98 Å². The van der Waals surface area contributed by atoms with Gasteiger partial charge in [0.15, 0.2) is 5.13 Å². The van der Waals surface area contributed by atoms with Gasteiger partial charge in [-0.1, -0.05) is 19.1 Å². The van der Waals surface area contributed by atoms with Crippen LogP contribution in [0.1, 0.15) is 41.8 Å². The molecule has 3 aromatic rings. The van der Waals surface area contributed by atoms with E-state index in [-0.39, 0.29) is 34.1 Å². The largest absolute Gasteiger partial charge is 0.478 e. The van der Waals surface area contributed by atoms with Gasteiger partial charge in [0.2, 0.25) is 0 Å². The lowest BCUT2D eigenvalue weighted by atomic mass is 10.1. The molecule has 1 amide bonds. The molecule has 0 radical (unpaired) electrons. The third-order valence-corrected chi connectivity index (χ3v) is 5.48. The molecule has 178 valence electrons. The predicted molar refractivity (Wildman–Crippen MR) is 123 cm³/mol. The minimum Gasteiger partial charge on any atom is -0.478 e. The Morgan fingerprint density at radius 2 is 1.91 bits per heavy atom. The van der Waals surface area contributed by atoms with Crippen LogP contribution in [0.3, 0.4) is 0 Å². The van der Waals surface area contributed by atoms with Gasteiger partial charge in [0.1, 0.15) is 17.5 Å². The standard InChI is InChI=1S/C24H21F3N2O4S/c1-3-7-33-11-14-5-4-6-16(21(14)27)20-12-34-24(28-20)29-22(30)15-9-18(25)17(19(26)10-15)8-13(2)23(31)32/h4-6,8-10,12H,3,7,11H2,1-2H3,(H,31,32)(H,28,29,30)/b13-8+. The average Bonchev–Trinajstić information content (AvgIpc) is 3.25. The quantitative estimate of drug-likeness (QED) is 0.288. The highest BCUT2D eigenvalue weighted by Gasteiger charge is 2.18. The van der Waals surface area contributed by atoms with Crippen molar-refractivity contribution in [1.29, 1.82) is 0 Å². The molecule has 0 bridgehead atoms. The zero-order chi connectivity index (χ0) is 24.8. The van der Waals surface area contributed by atoms with Crippen LogP contribution in [-0.4, -0.2) is 28.6 Å². The van der Waals surface area contributed by atoms with Gasteiger partial charge >= 0.3 is 5.97 Å². The Hall–Kier alpha value is -3.50. The molecule has 1 aromatic heterocycles. The van der Waals surface area contributed by atoms with Gasteiger partial charge in [-0.15, -0.1) is 11.3 Å². The number of hydrogen-bond donors (Lipinski definition) is 2. The Morgan fingerprint density at radius 1 is 1.21 bits per heavy atom. The molecule has 0 aliphatic carbocycles. The van der Waals surface area contributed by atoms with Gasteiger partial charge in [-0.2, -0.15) is 0 Å². The number of carbonyl (C=O) groups is 2. The van der Waals surface area contributed by atoms with E-state index in [0.29, 0.717) is 12.2 Å². The molecule has 0 unspecified atom stereocenters. The van der Waals surface area contributed by atoms with Crippen LogP contribution in [-0.2, 0) is 16.1 Å². The zero-order valence-electron chi connectivity index (χ0n) is 18.3. The molecule has 0 saturated heterocycles. The number of benzene rings is 2. The van der Waals surface area contributed by atoms with Crippen molar-refractivity contribution in [2.24, 2.45) is 0 Å². The summed E-state index contributed by atoms with van der Waals surface area (Å²) < 4.78 is 48.9. The number of carboxylic acid groups (broad SMARTS) is 1. The molecule has 0 aliphatic rings. The number of rotatable bonds is 9. The van der Waals surface area contributed by atoms with Crippen molar-refractivity contribution in [3.63, 3.8) is 0 Å². The van der Waals surface area contributed by atoms with E-state index in [2.05, 4.69) is 10.3 Å². The van der Waals surface area contributed by atoms with Crippen LogP contribution in [0.4, 0.5) is 18.3 Å². The number of aliphatic carboxylic acids is 1. The van der Waals surface area contributed by atoms with E-state index in [1.165, 1.54) is 6.92 Å². The van der Waals surface area contributed by atoms with Crippen molar-refractivity contribution in [2.45, 2.75) is 26.9 Å². The summed E-state index contributed by atoms with van der Waals surface area (Å²) in [4.78, 5) is 27.6. The number of thiazole rings is 1. The third-order valence-electron chi connectivity index (χ3n) is 4.72. The Bertz CT molecular complexity index is 1230. The second kappa shape index (κ2) is 11.1. The number of hydrogen-bond acceptors (Lipinski definition) is 5. The van der Waals surface area contributed by atoms with Crippen molar-refractivity contribution in [3.05, 3.63) is 75.4 Å². The second-order valence-electron chi connectivity index (χ2n) is 7.31. The zero-order valence-corrected chi connectivity index (χ0v) is 19.1. The number of amides is 1. The maximum atomic E-state index is 14.9. The summed E-state index contributed by atoms with van der Waals surface area (Å²) >= 11 is 1.02. The van der Waals surface area contributed by atoms with Crippen LogP contribution in [0.15, 0.2) is 41.3 Å². The van der Waals surface area contributed by atoms with E-state index < -0.39 is 34.9 Å². The fourth-order valence-electron chi connectivity index (χ4n) is 2.97. The molecule has 10 heteroatoms. The topological polar surface area (TPSA) is 88.5 Å². The van der Waals surface area contributed by atoms with E-state index in [9.17, 15) is 22.8 Å². The number of nitrogens with zero attached hydrogens (tertiary/aromatic N) is 1. The summed E-state index contributed by atoms with van der Waals surface area (Å²) in [7, 11) is 0. The maximum absolute atomic E-state index is 14.9. The van der Waals surface area contributed by atoms with Crippen LogP contribution in [0, 0.1) is 17.5 Å². The van der Waals surface area contributed by atoms with Crippen molar-refractivity contribution in [2.75, 3.05) is 11.9 Å². The monoisotopic (exact) mass is 490 g/mol. The number of carboxylic acids is 1. The van der Waals surface area contributed by atoms with Crippen molar-refractivity contribution < 1.29 is 32.6 Å². The molecule has 6 nitrogen and oxygen atoms in total. The molecular formula is C24H21F3N2O4S. The van der Waals surface area contributed by atoms with Gasteiger partial charge in [-0.25, -0.2) is 22.9 Å². The van der Waals surface area contributed by atoms with Crippen LogP contribution in [0.5, 0.6) is 0 Å². The number of ether oxygens (including phenoxy) is 1. The summed E-state index contributed by atoms with van der Waals surface area (Å²) in [6, 6.07) is 6.44. The molecule has 0 fully saturated rings. The first-order valence-electron chi connectivity index (χ1n) is 10.2. The molecule has 0 atom stereocenters. The summed E-state index contributed by atoms with van der Waals surface area (Å²) in [5.74, 6) is -4.81.